The molecule has 2 heterocycles. The summed E-state index contributed by atoms with van der Waals surface area (Å²) in [6.07, 6.45) is 3.63. The summed E-state index contributed by atoms with van der Waals surface area (Å²) < 4.78 is 4.90. The molecular formula is C26H24Br2N4O6. The Bertz CT molecular complexity index is 1790. The highest BCUT2D eigenvalue weighted by Gasteiger charge is 2.34. The van der Waals surface area contributed by atoms with Crippen molar-refractivity contribution in [2.45, 2.75) is 51.6 Å². The van der Waals surface area contributed by atoms with Crippen molar-refractivity contribution < 1.29 is 15.1 Å². The molecule has 0 amide bonds. The van der Waals surface area contributed by atoms with Gasteiger partial charge < -0.3 is 20.5 Å². The number of hydrogen-bond acceptors (Lipinski definition) is 7. The molecule has 2 aliphatic rings. The number of aryl methyl sites for hydroxylation is 2. The standard InChI is InChI=1S/C13H11BrN2O4.C13H13BrN2O2/c1-6-9(14)5-4-8-10(6)15(7-2-3-7)13(18)11(12(8)17)16(19)20;1-6-9(14)5-4-8-11(6)16(7-2-3-7)13(18)10(15)12(8)17/h4-5,7,17H,2-3H2,1H3;4-5,7,17H,2-3,15H2,1H3. The molecule has 38 heavy (non-hydrogen) atoms. The largest absolute Gasteiger partial charge is 0.505 e. The molecule has 0 atom stereocenters. The number of nitrogens with zero attached hydrogens (tertiary/aromatic N) is 3. The SMILES string of the molecule is Cc1c(Br)ccc2c(O)c(N)c(=O)n(C3CC3)c12.Cc1c(Br)ccc2c(O)c([N+](=O)[O-])c(=O)n(C3CC3)c12. The summed E-state index contributed by atoms with van der Waals surface area (Å²) in [6, 6.07) is 7.15. The second-order valence-corrected chi connectivity index (χ2v) is 11.4. The molecule has 0 spiro atoms. The van der Waals surface area contributed by atoms with Crippen molar-refractivity contribution in [3.63, 3.8) is 0 Å². The zero-order valence-electron chi connectivity index (χ0n) is 20.5. The zero-order chi connectivity index (χ0) is 27.6. The van der Waals surface area contributed by atoms with Crippen LogP contribution in [0.25, 0.3) is 21.8 Å². The Morgan fingerprint density at radius 1 is 0.842 bits per heavy atom. The number of pyridine rings is 2. The highest BCUT2D eigenvalue weighted by Crippen LogP contribution is 2.42. The Labute approximate surface area is 232 Å². The monoisotopic (exact) mass is 646 g/mol. The van der Waals surface area contributed by atoms with Crippen LogP contribution in [-0.2, 0) is 0 Å². The molecule has 12 heteroatoms. The lowest BCUT2D eigenvalue weighted by molar-refractivity contribution is -0.387. The van der Waals surface area contributed by atoms with Gasteiger partial charge in [-0.2, -0.15) is 0 Å². The minimum Gasteiger partial charge on any atom is -0.505 e. The van der Waals surface area contributed by atoms with E-state index in [1.165, 1.54) is 4.57 Å². The summed E-state index contributed by atoms with van der Waals surface area (Å²) >= 11 is 6.85. The van der Waals surface area contributed by atoms with Crippen molar-refractivity contribution in [2.24, 2.45) is 0 Å². The maximum absolute atomic E-state index is 12.3. The number of rotatable bonds is 3. The number of benzene rings is 2. The molecule has 4 aromatic rings. The molecule has 0 bridgehead atoms. The third kappa shape index (κ3) is 4.15. The van der Waals surface area contributed by atoms with Crippen LogP contribution >= 0.6 is 31.9 Å². The molecule has 2 fully saturated rings. The molecule has 10 nitrogen and oxygen atoms in total. The molecule has 198 valence electrons. The number of aromatic hydroxyl groups is 2. The van der Waals surface area contributed by atoms with Crippen LogP contribution < -0.4 is 16.9 Å². The summed E-state index contributed by atoms with van der Waals surface area (Å²) in [5, 5.41) is 32.1. The predicted molar refractivity (Wildman–Crippen MR) is 152 cm³/mol. The summed E-state index contributed by atoms with van der Waals surface area (Å²) in [4.78, 5) is 34.8. The van der Waals surface area contributed by atoms with E-state index >= 15 is 0 Å². The van der Waals surface area contributed by atoms with Gasteiger partial charge in [-0.05, 0) is 74.9 Å². The van der Waals surface area contributed by atoms with E-state index in [9.17, 15) is 29.9 Å². The van der Waals surface area contributed by atoms with Crippen LogP contribution in [0.2, 0.25) is 0 Å². The van der Waals surface area contributed by atoms with Gasteiger partial charge in [0, 0.05) is 31.8 Å². The van der Waals surface area contributed by atoms with Crippen LogP contribution in [0.4, 0.5) is 11.4 Å². The van der Waals surface area contributed by atoms with E-state index in [1.54, 1.807) is 22.8 Å². The lowest BCUT2D eigenvalue weighted by Gasteiger charge is -2.15. The van der Waals surface area contributed by atoms with Crippen LogP contribution in [-0.4, -0.2) is 24.3 Å². The zero-order valence-corrected chi connectivity index (χ0v) is 23.7. The van der Waals surface area contributed by atoms with E-state index in [1.807, 2.05) is 19.9 Å². The number of halogens is 2. The number of nitro groups is 1. The molecular weight excluding hydrogens is 624 g/mol. The first-order valence-electron chi connectivity index (χ1n) is 12.0. The molecule has 2 aromatic carbocycles. The first-order valence-corrected chi connectivity index (χ1v) is 13.6. The van der Waals surface area contributed by atoms with E-state index in [0.29, 0.717) is 16.3 Å². The molecule has 0 radical (unpaired) electrons. The highest BCUT2D eigenvalue weighted by atomic mass is 79.9. The second kappa shape index (κ2) is 9.42. The van der Waals surface area contributed by atoms with Crippen LogP contribution in [0.5, 0.6) is 11.5 Å². The van der Waals surface area contributed by atoms with Crippen molar-refractivity contribution in [3.05, 3.63) is 75.2 Å². The minimum atomic E-state index is -0.812. The highest BCUT2D eigenvalue weighted by molar-refractivity contribution is 9.10. The number of nitrogens with two attached hydrogens (primary N) is 1. The summed E-state index contributed by atoms with van der Waals surface area (Å²) in [5.41, 5.74) is 6.97. The third-order valence-electron chi connectivity index (χ3n) is 7.08. The molecule has 0 aliphatic heterocycles. The Balaban J connectivity index is 0.000000156. The first kappa shape index (κ1) is 26.2. The molecule has 6 rings (SSSR count). The van der Waals surface area contributed by atoms with Gasteiger partial charge in [-0.15, -0.1) is 0 Å². The number of aromatic nitrogens is 2. The Hall–Kier alpha value is -3.38. The van der Waals surface area contributed by atoms with Crippen LogP contribution in [0.1, 0.15) is 48.9 Å². The normalized spacial score (nSPS) is 14.9. The van der Waals surface area contributed by atoms with Crippen LogP contribution in [0.15, 0.2) is 42.8 Å². The van der Waals surface area contributed by atoms with Gasteiger partial charge in [0.05, 0.1) is 16.0 Å². The summed E-state index contributed by atoms with van der Waals surface area (Å²) in [7, 11) is 0. The number of nitrogen functional groups attached to an aromatic ring is 1. The molecule has 0 saturated heterocycles. The fourth-order valence-electron chi connectivity index (χ4n) is 4.80. The van der Waals surface area contributed by atoms with Crippen molar-refractivity contribution in [3.8, 4) is 11.5 Å². The van der Waals surface area contributed by atoms with Gasteiger partial charge in [-0.3, -0.25) is 24.3 Å². The lowest BCUT2D eigenvalue weighted by atomic mass is 10.1. The minimum absolute atomic E-state index is 0.0164. The van der Waals surface area contributed by atoms with E-state index in [-0.39, 0.29) is 29.1 Å². The fraction of sp³-hybridized carbons (Fsp3) is 0.308. The Kier molecular flexibility index (Phi) is 6.50. The van der Waals surface area contributed by atoms with Crippen LogP contribution in [0, 0.1) is 24.0 Å². The topological polar surface area (TPSA) is 154 Å². The van der Waals surface area contributed by atoms with Gasteiger partial charge in [0.15, 0.2) is 5.75 Å². The van der Waals surface area contributed by atoms with Gasteiger partial charge in [0.2, 0.25) is 5.75 Å². The molecule has 2 aliphatic carbocycles. The van der Waals surface area contributed by atoms with E-state index in [2.05, 4.69) is 31.9 Å². The van der Waals surface area contributed by atoms with Crippen molar-refractivity contribution >= 4 is 65.0 Å². The number of anilines is 1. The van der Waals surface area contributed by atoms with Gasteiger partial charge in [0.1, 0.15) is 5.69 Å². The van der Waals surface area contributed by atoms with Gasteiger partial charge in [-0.25, -0.2) is 0 Å². The average molecular weight is 648 g/mol. The fourth-order valence-corrected chi connectivity index (χ4v) is 5.44. The summed E-state index contributed by atoms with van der Waals surface area (Å²) in [6.45, 7) is 3.75. The van der Waals surface area contributed by atoms with Crippen LogP contribution in [0.3, 0.4) is 0 Å². The second-order valence-electron chi connectivity index (χ2n) is 9.67. The van der Waals surface area contributed by atoms with Gasteiger partial charge in [0.25, 0.3) is 5.56 Å². The van der Waals surface area contributed by atoms with E-state index in [0.717, 1.165) is 51.3 Å². The smallest absolute Gasteiger partial charge is 0.375 e. The first-order chi connectivity index (χ1) is 18.0. The maximum Gasteiger partial charge on any atom is 0.375 e. The van der Waals surface area contributed by atoms with Gasteiger partial charge in [-0.1, -0.05) is 31.9 Å². The average Bonchev–Trinajstić information content (AvgIpc) is 3.78. The molecule has 2 saturated carbocycles. The van der Waals surface area contributed by atoms with Crippen molar-refractivity contribution in [1.29, 1.82) is 0 Å². The molecule has 0 unspecified atom stereocenters. The maximum atomic E-state index is 12.3. The van der Waals surface area contributed by atoms with E-state index < -0.39 is 21.9 Å². The Morgan fingerprint density at radius 3 is 1.68 bits per heavy atom. The third-order valence-corrected chi connectivity index (χ3v) is 8.80. The van der Waals surface area contributed by atoms with Gasteiger partial charge >= 0.3 is 11.2 Å². The Morgan fingerprint density at radius 2 is 1.26 bits per heavy atom. The van der Waals surface area contributed by atoms with E-state index in [4.69, 9.17) is 5.73 Å². The summed E-state index contributed by atoms with van der Waals surface area (Å²) in [5.74, 6) is -0.662. The number of hydrogen-bond donors (Lipinski definition) is 3. The quantitative estimate of drug-likeness (QED) is 0.190. The number of fused-ring (bicyclic) bond motifs is 2. The molecule has 2 aromatic heterocycles. The van der Waals surface area contributed by atoms with Crippen molar-refractivity contribution in [1.82, 2.24) is 9.13 Å². The van der Waals surface area contributed by atoms with Crippen molar-refractivity contribution in [2.75, 3.05) is 5.73 Å². The molecule has 4 N–H and O–H groups in total. The lowest BCUT2D eigenvalue weighted by Crippen LogP contribution is -2.23. The predicted octanol–water partition coefficient (Wildman–Crippen LogP) is 5.72.